The van der Waals surface area contributed by atoms with Crippen molar-refractivity contribution >= 4 is 49.4 Å². The van der Waals surface area contributed by atoms with Gasteiger partial charge in [-0.1, -0.05) is 31.9 Å². The summed E-state index contributed by atoms with van der Waals surface area (Å²) in [5, 5.41) is 8.22. The molecule has 3 nitrogen and oxygen atoms in total. The Morgan fingerprint density at radius 1 is 1.70 bits per heavy atom. The topological polar surface area (TPSA) is 49.3 Å². The number of hydrogen-bond donors (Lipinski definition) is 2. The van der Waals surface area contributed by atoms with Gasteiger partial charge in [-0.25, -0.2) is 5.48 Å². The second-order valence-corrected chi connectivity index (χ2v) is 6.54. The lowest BCUT2D eigenvalue weighted by molar-refractivity contribution is -0.129. The molecule has 1 atom stereocenters. The summed E-state index contributed by atoms with van der Waals surface area (Å²) in [7, 11) is 0. The molecule has 0 aromatic rings. The van der Waals surface area contributed by atoms with Crippen LogP contribution in [0.1, 0.15) is 6.42 Å². The van der Waals surface area contributed by atoms with E-state index in [1.54, 1.807) is 0 Å². The number of hydroxylamine groups is 1. The van der Waals surface area contributed by atoms with Crippen LogP contribution in [0, 0.1) is 0 Å². The van der Waals surface area contributed by atoms with E-state index in [-0.39, 0.29) is 0 Å². The summed E-state index contributed by atoms with van der Waals surface area (Å²) in [6.45, 7) is 0. The Hall–Kier alpha value is 0.680. The molecule has 0 aliphatic heterocycles. The molecule has 1 fully saturated rings. The van der Waals surface area contributed by atoms with Gasteiger partial charge in [0, 0.05) is 6.42 Å². The molecule has 10 heavy (non-hydrogen) atoms. The summed E-state index contributed by atoms with van der Waals surface area (Å²) in [5.74, 6) is -0.595. The monoisotopic (exact) mass is 291 g/mol. The van der Waals surface area contributed by atoms with Crippen LogP contribution in [0.3, 0.4) is 0 Å². The van der Waals surface area contributed by atoms with Crippen molar-refractivity contribution in [2.45, 2.75) is 14.5 Å². The third-order valence-corrected chi connectivity index (χ3v) is 4.38. The van der Waals surface area contributed by atoms with E-state index < -0.39 is 14.0 Å². The van der Waals surface area contributed by atoms with Crippen LogP contribution < -0.4 is 5.48 Å². The minimum Gasteiger partial charge on any atom is -0.289 e. The van der Waals surface area contributed by atoms with Gasteiger partial charge in [0.2, 0.25) is 0 Å². The molecule has 1 saturated carbocycles. The van der Waals surface area contributed by atoms with Crippen molar-refractivity contribution in [1.29, 1.82) is 0 Å². The first-order valence-corrected chi connectivity index (χ1v) is 4.42. The Morgan fingerprint density at radius 2 is 2.10 bits per heavy atom. The first-order valence-electron chi connectivity index (χ1n) is 2.45. The van der Waals surface area contributed by atoms with Gasteiger partial charge in [-0.2, -0.15) is 0 Å². The van der Waals surface area contributed by atoms with Crippen molar-refractivity contribution in [1.82, 2.24) is 5.48 Å². The molecule has 0 heterocycles. The predicted octanol–water partition coefficient (Wildman–Crippen LogP) is 1.36. The maximum atomic E-state index is 10.8. The fourth-order valence-electron chi connectivity index (χ4n) is 0.597. The van der Waals surface area contributed by atoms with E-state index in [1.807, 2.05) is 0 Å². The molecule has 0 spiro atoms. The molecule has 0 radical (unpaired) electrons. The standard InChI is InChI=1S/C4H4Br2ClNO2/c5-4(6)1-3(4,7)2(9)8-10/h10H,1H2,(H,8,9). The number of halogens is 3. The highest BCUT2D eigenvalue weighted by molar-refractivity contribution is 9.25. The van der Waals surface area contributed by atoms with Gasteiger partial charge in [-0.05, 0) is 0 Å². The number of nitrogens with one attached hydrogen (secondary N) is 1. The highest BCUT2D eigenvalue weighted by Crippen LogP contribution is 2.63. The van der Waals surface area contributed by atoms with Crippen molar-refractivity contribution < 1.29 is 10.0 Å². The zero-order valence-corrected chi connectivity index (χ0v) is 8.62. The summed E-state index contributed by atoms with van der Waals surface area (Å²) < 4.78 is -0.554. The van der Waals surface area contributed by atoms with Gasteiger partial charge in [0.25, 0.3) is 5.91 Å². The molecular formula is C4H4Br2ClNO2. The number of rotatable bonds is 1. The Kier molecular flexibility index (Phi) is 2.05. The Bertz CT molecular complexity index is 186. The van der Waals surface area contributed by atoms with Crippen LogP contribution in [0.2, 0.25) is 0 Å². The minimum absolute atomic E-state index is 0.452. The molecule has 1 aliphatic carbocycles. The lowest BCUT2D eigenvalue weighted by Gasteiger charge is -2.05. The molecule has 1 rings (SSSR count). The van der Waals surface area contributed by atoms with Gasteiger partial charge in [-0.15, -0.1) is 11.6 Å². The molecule has 0 bridgehead atoms. The van der Waals surface area contributed by atoms with Crippen LogP contribution in [0.15, 0.2) is 0 Å². The van der Waals surface area contributed by atoms with E-state index in [1.165, 1.54) is 5.48 Å². The van der Waals surface area contributed by atoms with Gasteiger partial charge in [-0.3, -0.25) is 10.0 Å². The highest BCUT2D eigenvalue weighted by atomic mass is 79.9. The summed E-state index contributed by atoms with van der Waals surface area (Å²) in [6.07, 6.45) is 0.452. The average Bonchev–Trinajstić information content (AvgIpc) is 2.32. The van der Waals surface area contributed by atoms with Gasteiger partial charge >= 0.3 is 0 Å². The summed E-state index contributed by atoms with van der Waals surface area (Å²) in [4.78, 5) is 9.72. The van der Waals surface area contributed by atoms with Crippen molar-refractivity contribution in [2.75, 3.05) is 0 Å². The first kappa shape index (κ1) is 8.77. The van der Waals surface area contributed by atoms with Gasteiger partial charge in [0.05, 0.1) is 0 Å². The van der Waals surface area contributed by atoms with Crippen molar-refractivity contribution in [3.05, 3.63) is 0 Å². The quantitative estimate of drug-likeness (QED) is 0.436. The van der Waals surface area contributed by atoms with Crippen LogP contribution in [-0.4, -0.2) is 19.2 Å². The molecule has 58 valence electrons. The minimum atomic E-state index is -1.04. The van der Waals surface area contributed by atoms with Crippen LogP contribution in [0.25, 0.3) is 0 Å². The van der Waals surface area contributed by atoms with Gasteiger partial charge in [0.15, 0.2) is 4.87 Å². The number of carbonyl (C=O) groups is 1. The van der Waals surface area contributed by atoms with E-state index >= 15 is 0 Å². The molecule has 0 aromatic carbocycles. The number of hydrogen-bond acceptors (Lipinski definition) is 2. The van der Waals surface area contributed by atoms with E-state index in [2.05, 4.69) is 31.9 Å². The molecule has 2 N–H and O–H groups in total. The van der Waals surface area contributed by atoms with Crippen molar-refractivity contribution in [3.63, 3.8) is 0 Å². The SMILES string of the molecule is O=C(NO)C1(Cl)CC1(Br)Br. The summed E-state index contributed by atoms with van der Waals surface area (Å²) in [6, 6.07) is 0. The normalized spacial score (nSPS) is 35.2. The number of amides is 1. The molecule has 0 saturated heterocycles. The Labute approximate surface area is 79.3 Å². The average molecular weight is 293 g/mol. The van der Waals surface area contributed by atoms with E-state index in [0.29, 0.717) is 6.42 Å². The highest BCUT2D eigenvalue weighted by Gasteiger charge is 2.69. The molecule has 1 aliphatic rings. The maximum absolute atomic E-state index is 10.8. The smallest absolute Gasteiger partial charge is 0.266 e. The summed E-state index contributed by atoms with van der Waals surface area (Å²) in [5.41, 5.74) is 1.49. The second-order valence-electron chi connectivity index (χ2n) is 2.12. The Morgan fingerprint density at radius 3 is 2.20 bits per heavy atom. The third-order valence-electron chi connectivity index (χ3n) is 1.38. The fraction of sp³-hybridized carbons (Fsp3) is 0.750. The lowest BCUT2D eigenvalue weighted by Crippen LogP contribution is -2.33. The third kappa shape index (κ3) is 1.09. The lowest BCUT2D eigenvalue weighted by atomic mass is 10.4. The second kappa shape index (κ2) is 2.33. The largest absolute Gasteiger partial charge is 0.289 e. The zero-order valence-electron chi connectivity index (χ0n) is 4.70. The zero-order chi connectivity index (χ0) is 7.99. The van der Waals surface area contributed by atoms with E-state index in [9.17, 15) is 4.79 Å². The predicted molar refractivity (Wildman–Crippen MR) is 43.7 cm³/mol. The van der Waals surface area contributed by atoms with Crippen LogP contribution >= 0.6 is 43.5 Å². The maximum Gasteiger partial charge on any atom is 0.266 e. The molecule has 6 heteroatoms. The van der Waals surface area contributed by atoms with Gasteiger partial charge < -0.3 is 0 Å². The fourth-order valence-corrected chi connectivity index (χ4v) is 2.36. The van der Waals surface area contributed by atoms with Crippen LogP contribution in [0.4, 0.5) is 0 Å². The Balaban J connectivity index is 2.68. The molecule has 1 unspecified atom stereocenters. The van der Waals surface area contributed by atoms with E-state index in [0.717, 1.165) is 0 Å². The summed E-state index contributed by atoms with van der Waals surface area (Å²) >= 11 is 12.0. The van der Waals surface area contributed by atoms with E-state index in [4.69, 9.17) is 16.8 Å². The first-order chi connectivity index (χ1) is 4.44. The number of carbonyl (C=O) groups excluding carboxylic acids is 1. The van der Waals surface area contributed by atoms with Crippen LogP contribution in [0.5, 0.6) is 0 Å². The number of alkyl halides is 3. The molecular weight excluding hydrogens is 289 g/mol. The van der Waals surface area contributed by atoms with Crippen molar-refractivity contribution in [3.8, 4) is 0 Å². The molecule has 1 amide bonds. The van der Waals surface area contributed by atoms with Gasteiger partial charge in [0.1, 0.15) is 3.23 Å². The van der Waals surface area contributed by atoms with Crippen LogP contribution in [-0.2, 0) is 4.79 Å². The molecule has 0 aromatic heterocycles. The van der Waals surface area contributed by atoms with Crippen molar-refractivity contribution in [2.24, 2.45) is 0 Å².